The number of nitrogens with zero attached hydrogens (tertiary/aromatic N) is 3. The number of nitrogens with two attached hydrogens (primary N) is 1. The van der Waals surface area contributed by atoms with Crippen LogP contribution in [-0.2, 0) is 0 Å². The molecule has 2 fully saturated rings. The van der Waals surface area contributed by atoms with Crippen LogP contribution in [0.4, 0.5) is 5.82 Å². The summed E-state index contributed by atoms with van der Waals surface area (Å²) in [7, 11) is 0. The molecule has 19 heavy (non-hydrogen) atoms. The average molecular weight is 281 g/mol. The number of carbonyl (C=O) groups excluding carboxylic acids is 1. The highest BCUT2D eigenvalue weighted by Gasteiger charge is 2.32. The third-order valence-corrected chi connectivity index (χ3v) is 4.08. The van der Waals surface area contributed by atoms with Crippen LogP contribution in [0.2, 0.25) is 5.02 Å². The standard InChI is InChI=1S/C13H17ClN4O/c14-11-7-9(8-16-12(11)15)13(19)18-5-3-17(4-6-18)10-1-2-10/h7-8,10H,1-6H2,(H2,15,16). The van der Waals surface area contributed by atoms with Gasteiger partial charge in [0.1, 0.15) is 5.82 Å². The van der Waals surface area contributed by atoms with Crippen LogP contribution >= 0.6 is 11.6 Å². The maximum Gasteiger partial charge on any atom is 0.255 e. The van der Waals surface area contributed by atoms with Crippen LogP contribution in [0.3, 0.4) is 0 Å². The van der Waals surface area contributed by atoms with Crippen LogP contribution < -0.4 is 5.73 Å². The number of carbonyl (C=O) groups is 1. The van der Waals surface area contributed by atoms with Gasteiger partial charge >= 0.3 is 0 Å². The molecule has 0 spiro atoms. The molecule has 2 aliphatic rings. The van der Waals surface area contributed by atoms with E-state index >= 15 is 0 Å². The van der Waals surface area contributed by atoms with Gasteiger partial charge in [-0.05, 0) is 18.9 Å². The number of pyridine rings is 1. The lowest BCUT2D eigenvalue weighted by atomic mass is 10.2. The summed E-state index contributed by atoms with van der Waals surface area (Å²) in [6.45, 7) is 3.48. The van der Waals surface area contributed by atoms with Gasteiger partial charge in [0.25, 0.3) is 5.91 Å². The predicted octanol–water partition coefficient (Wildman–Crippen LogP) is 1.24. The highest BCUT2D eigenvalue weighted by atomic mass is 35.5. The molecule has 2 heterocycles. The molecule has 1 amide bonds. The van der Waals surface area contributed by atoms with Crippen LogP contribution in [0.1, 0.15) is 23.2 Å². The number of amides is 1. The molecule has 1 aliphatic heterocycles. The van der Waals surface area contributed by atoms with Crippen molar-refractivity contribution in [3.63, 3.8) is 0 Å². The lowest BCUT2D eigenvalue weighted by Crippen LogP contribution is -2.49. The Morgan fingerprint density at radius 2 is 2.00 bits per heavy atom. The summed E-state index contributed by atoms with van der Waals surface area (Å²) in [6, 6.07) is 2.37. The predicted molar refractivity (Wildman–Crippen MR) is 74.2 cm³/mol. The van der Waals surface area contributed by atoms with Crippen molar-refractivity contribution in [2.24, 2.45) is 0 Å². The van der Waals surface area contributed by atoms with E-state index in [9.17, 15) is 4.79 Å². The van der Waals surface area contributed by atoms with E-state index in [1.54, 1.807) is 6.07 Å². The Labute approximate surface area is 117 Å². The first kappa shape index (κ1) is 12.7. The van der Waals surface area contributed by atoms with E-state index < -0.39 is 0 Å². The molecule has 3 rings (SSSR count). The molecule has 102 valence electrons. The Morgan fingerprint density at radius 1 is 1.32 bits per heavy atom. The summed E-state index contributed by atoms with van der Waals surface area (Å²) in [5, 5.41) is 0.336. The van der Waals surface area contributed by atoms with Crippen molar-refractivity contribution in [1.82, 2.24) is 14.8 Å². The summed E-state index contributed by atoms with van der Waals surface area (Å²) >= 11 is 5.90. The number of nitrogen functional groups attached to an aromatic ring is 1. The van der Waals surface area contributed by atoms with Crippen molar-refractivity contribution in [3.8, 4) is 0 Å². The Hall–Kier alpha value is -1.33. The maximum atomic E-state index is 12.3. The third kappa shape index (κ3) is 2.67. The molecule has 2 N–H and O–H groups in total. The fraction of sp³-hybridized carbons (Fsp3) is 0.538. The van der Waals surface area contributed by atoms with E-state index in [2.05, 4.69) is 9.88 Å². The number of piperazine rings is 1. The molecule has 0 atom stereocenters. The fourth-order valence-electron chi connectivity index (χ4n) is 2.48. The van der Waals surface area contributed by atoms with E-state index in [1.807, 2.05) is 4.90 Å². The van der Waals surface area contributed by atoms with Gasteiger partial charge in [-0.2, -0.15) is 0 Å². The SMILES string of the molecule is Nc1ncc(C(=O)N2CCN(C3CC3)CC2)cc1Cl. The minimum Gasteiger partial charge on any atom is -0.382 e. The molecular formula is C13H17ClN4O. The Morgan fingerprint density at radius 3 is 2.58 bits per heavy atom. The second kappa shape index (κ2) is 4.98. The van der Waals surface area contributed by atoms with Crippen LogP contribution in [0.25, 0.3) is 0 Å². The van der Waals surface area contributed by atoms with Crippen molar-refractivity contribution in [2.75, 3.05) is 31.9 Å². The second-order valence-corrected chi connectivity index (χ2v) is 5.56. The topological polar surface area (TPSA) is 62.5 Å². The quantitative estimate of drug-likeness (QED) is 0.885. The van der Waals surface area contributed by atoms with E-state index in [0.29, 0.717) is 10.6 Å². The van der Waals surface area contributed by atoms with Gasteiger partial charge in [0.2, 0.25) is 0 Å². The number of anilines is 1. The molecule has 1 aromatic heterocycles. The summed E-state index contributed by atoms with van der Waals surface area (Å²) in [6.07, 6.45) is 4.12. The smallest absolute Gasteiger partial charge is 0.255 e. The minimum atomic E-state index is -0.00940. The lowest BCUT2D eigenvalue weighted by molar-refractivity contribution is 0.0627. The highest BCUT2D eigenvalue weighted by molar-refractivity contribution is 6.33. The summed E-state index contributed by atoms with van der Waals surface area (Å²) < 4.78 is 0. The van der Waals surface area contributed by atoms with E-state index in [-0.39, 0.29) is 11.7 Å². The van der Waals surface area contributed by atoms with Crippen LogP contribution in [0.5, 0.6) is 0 Å². The monoisotopic (exact) mass is 280 g/mol. The van der Waals surface area contributed by atoms with Gasteiger partial charge in [-0.15, -0.1) is 0 Å². The normalized spacial score (nSPS) is 20.6. The van der Waals surface area contributed by atoms with Crippen molar-refractivity contribution in [3.05, 3.63) is 22.8 Å². The van der Waals surface area contributed by atoms with Crippen molar-refractivity contribution in [2.45, 2.75) is 18.9 Å². The van der Waals surface area contributed by atoms with Crippen LogP contribution in [0, 0.1) is 0 Å². The number of hydrogen-bond donors (Lipinski definition) is 1. The molecule has 0 radical (unpaired) electrons. The van der Waals surface area contributed by atoms with Gasteiger partial charge in [0.15, 0.2) is 0 Å². The van der Waals surface area contributed by atoms with Crippen LogP contribution in [-0.4, -0.2) is 52.9 Å². The lowest BCUT2D eigenvalue weighted by Gasteiger charge is -2.34. The zero-order chi connectivity index (χ0) is 13.4. The minimum absolute atomic E-state index is 0.00940. The van der Waals surface area contributed by atoms with Crippen LogP contribution in [0.15, 0.2) is 12.3 Å². The summed E-state index contributed by atoms with van der Waals surface area (Å²) in [5.41, 5.74) is 6.06. The second-order valence-electron chi connectivity index (χ2n) is 5.15. The van der Waals surface area contributed by atoms with E-state index in [0.717, 1.165) is 32.2 Å². The summed E-state index contributed by atoms with van der Waals surface area (Å²) in [5.74, 6) is 0.251. The van der Waals surface area contributed by atoms with Crippen molar-refractivity contribution in [1.29, 1.82) is 0 Å². The Balaban J connectivity index is 1.65. The fourth-order valence-corrected chi connectivity index (χ4v) is 2.64. The first-order valence-corrected chi connectivity index (χ1v) is 6.97. The Bertz CT molecular complexity index is 495. The molecule has 1 saturated carbocycles. The first-order chi connectivity index (χ1) is 9.15. The number of rotatable bonds is 2. The summed E-state index contributed by atoms with van der Waals surface area (Å²) in [4.78, 5) is 20.6. The molecule has 1 saturated heterocycles. The third-order valence-electron chi connectivity index (χ3n) is 3.78. The molecular weight excluding hydrogens is 264 g/mol. The maximum absolute atomic E-state index is 12.3. The van der Waals surface area contributed by atoms with Gasteiger partial charge in [0.05, 0.1) is 10.6 Å². The van der Waals surface area contributed by atoms with Gasteiger partial charge in [-0.3, -0.25) is 9.69 Å². The zero-order valence-corrected chi connectivity index (χ0v) is 11.4. The Kier molecular flexibility index (Phi) is 3.33. The first-order valence-electron chi connectivity index (χ1n) is 6.59. The number of halogens is 1. The molecule has 0 unspecified atom stereocenters. The van der Waals surface area contributed by atoms with Gasteiger partial charge in [-0.25, -0.2) is 4.98 Å². The van der Waals surface area contributed by atoms with Gasteiger partial charge < -0.3 is 10.6 Å². The zero-order valence-electron chi connectivity index (χ0n) is 10.7. The molecule has 0 bridgehead atoms. The average Bonchev–Trinajstić information content (AvgIpc) is 3.26. The van der Waals surface area contributed by atoms with E-state index in [4.69, 9.17) is 17.3 Å². The van der Waals surface area contributed by atoms with Gasteiger partial charge in [-0.1, -0.05) is 11.6 Å². The van der Waals surface area contributed by atoms with Crippen molar-refractivity contribution >= 4 is 23.3 Å². The van der Waals surface area contributed by atoms with E-state index in [1.165, 1.54) is 19.0 Å². The highest BCUT2D eigenvalue weighted by Crippen LogP contribution is 2.27. The molecule has 6 heteroatoms. The molecule has 1 aromatic rings. The molecule has 1 aliphatic carbocycles. The largest absolute Gasteiger partial charge is 0.382 e. The molecule has 5 nitrogen and oxygen atoms in total. The molecule has 0 aromatic carbocycles. The van der Waals surface area contributed by atoms with Crippen molar-refractivity contribution < 1.29 is 4.79 Å². The van der Waals surface area contributed by atoms with Gasteiger partial charge in [0, 0.05) is 38.4 Å². The number of aromatic nitrogens is 1. The number of hydrogen-bond acceptors (Lipinski definition) is 4.